The van der Waals surface area contributed by atoms with Crippen molar-refractivity contribution in [3.05, 3.63) is 206 Å². The standard InChI is InChI=1S/C54H34N2OS/c1-2-10-39(11-3-1)56-49-15-7-4-12-43(49)44-29-22-38(33-50(44)56)36-20-26-41(27-21-36)55(42-28-30-52-47(34-42)45-13-5-8-16-51(45)57-52)40-24-18-35(19-25-40)37-23-31-54-48(32-37)46-14-6-9-17-53(46)58-54/h1-34H. The SMILES string of the molecule is c1ccc(-n2c3ccccc3c3ccc(-c4ccc(N(c5ccc(-c6ccc7sc8ccccc8c7c6)cc5)c5ccc6oc7ccccc7c6c5)cc4)cc32)cc1. The number of hydrogen-bond acceptors (Lipinski definition) is 3. The molecule has 0 aliphatic rings. The average molecular weight is 759 g/mol. The van der Waals surface area contributed by atoms with Crippen LogP contribution in [0.3, 0.4) is 0 Å². The van der Waals surface area contributed by atoms with E-state index in [2.05, 4.69) is 204 Å². The van der Waals surface area contributed by atoms with Crippen LogP contribution in [0.4, 0.5) is 17.1 Å². The second-order valence-electron chi connectivity index (χ2n) is 14.9. The molecule has 272 valence electrons. The molecule has 4 heteroatoms. The minimum atomic E-state index is 0.884. The van der Waals surface area contributed by atoms with Gasteiger partial charge in [-0.05, 0) is 113 Å². The summed E-state index contributed by atoms with van der Waals surface area (Å²) in [6, 6.07) is 74.5. The Morgan fingerprint density at radius 2 is 0.914 bits per heavy atom. The molecule has 0 bridgehead atoms. The predicted octanol–water partition coefficient (Wildman–Crippen LogP) is 15.9. The number of thiophene rings is 1. The summed E-state index contributed by atoms with van der Waals surface area (Å²) in [5.74, 6) is 0. The molecule has 0 saturated carbocycles. The maximum absolute atomic E-state index is 6.25. The summed E-state index contributed by atoms with van der Waals surface area (Å²) in [6.07, 6.45) is 0. The van der Waals surface area contributed by atoms with Gasteiger partial charge in [-0.2, -0.15) is 0 Å². The monoisotopic (exact) mass is 758 g/mol. The van der Waals surface area contributed by atoms with Crippen molar-refractivity contribution in [2.45, 2.75) is 0 Å². The van der Waals surface area contributed by atoms with Crippen molar-refractivity contribution in [2.24, 2.45) is 0 Å². The van der Waals surface area contributed by atoms with Crippen LogP contribution in [0.5, 0.6) is 0 Å². The highest BCUT2D eigenvalue weighted by Crippen LogP contribution is 2.42. The second-order valence-corrected chi connectivity index (χ2v) is 16.0. The Kier molecular flexibility index (Phi) is 7.40. The zero-order valence-corrected chi connectivity index (χ0v) is 32.2. The van der Waals surface area contributed by atoms with Crippen LogP contribution in [0.15, 0.2) is 211 Å². The van der Waals surface area contributed by atoms with Crippen molar-refractivity contribution >= 4 is 92.3 Å². The molecule has 0 fully saturated rings. The zero-order chi connectivity index (χ0) is 38.2. The molecule has 3 heterocycles. The van der Waals surface area contributed by atoms with E-state index in [1.807, 2.05) is 23.5 Å². The normalized spacial score (nSPS) is 11.8. The van der Waals surface area contributed by atoms with E-state index in [9.17, 15) is 0 Å². The van der Waals surface area contributed by atoms with Gasteiger partial charge in [0, 0.05) is 64.5 Å². The highest BCUT2D eigenvalue weighted by atomic mass is 32.1. The number of anilines is 3. The number of fused-ring (bicyclic) bond motifs is 9. The summed E-state index contributed by atoms with van der Waals surface area (Å²) in [4.78, 5) is 2.35. The molecule has 9 aromatic carbocycles. The molecule has 0 aliphatic carbocycles. The summed E-state index contributed by atoms with van der Waals surface area (Å²) in [5, 5.41) is 7.35. The summed E-state index contributed by atoms with van der Waals surface area (Å²) in [5.41, 5.74) is 13.3. The minimum absolute atomic E-state index is 0.884. The molecule has 12 aromatic rings. The fourth-order valence-electron chi connectivity index (χ4n) is 8.82. The first kappa shape index (κ1) is 32.8. The first-order valence-electron chi connectivity index (χ1n) is 19.7. The Morgan fingerprint density at radius 1 is 0.345 bits per heavy atom. The lowest BCUT2D eigenvalue weighted by Crippen LogP contribution is -2.09. The van der Waals surface area contributed by atoms with E-state index in [1.54, 1.807) is 0 Å². The Bertz CT molecular complexity index is 3500. The molecule has 0 N–H and O–H groups in total. The topological polar surface area (TPSA) is 21.3 Å². The number of para-hydroxylation sites is 3. The van der Waals surface area contributed by atoms with Gasteiger partial charge in [-0.15, -0.1) is 11.3 Å². The molecule has 0 radical (unpaired) electrons. The van der Waals surface area contributed by atoms with Gasteiger partial charge in [0.15, 0.2) is 0 Å². The van der Waals surface area contributed by atoms with Crippen LogP contribution in [0, 0.1) is 0 Å². The van der Waals surface area contributed by atoms with E-state index in [1.165, 1.54) is 64.2 Å². The molecule has 0 spiro atoms. The third-order valence-electron chi connectivity index (χ3n) is 11.6. The van der Waals surface area contributed by atoms with Gasteiger partial charge in [0.2, 0.25) is 0 Å². The maximum atomic E-state index is 6.25. The van der Waals surface area contributed by atoms with Crippen molar-refractivity contribution in [1.82, 2.24) is 4.57 Å². The lowest BCUT2D eigenvalue weighted by molar-refractivity contribution is 0.669. The van der Waals surface area contributed by atoms with E-state index in [4.69, 9.17) is 4.42 Å². The Morgan fingerprint density at radius 3 is 1.71 bits per heavy atom. The van der Waals surface area contributed by atoms with Gasteiger partial charge in [0.1, 0.15) is 11.2 Å². The number of hydrogen-bond donors (Lipinski definition) is 0. The van der Waals surface area contributed by atoms with Gasteiger partial charge in [-0.25, -0.2) is 0 Å². The molecule has 0 unspecified atom stereocenters. The van der Waals surface area contributed by atoms with Gasteiger partial charge >= 0.3 is 0 Å². The minimum Gasteiger partial charge on any atom is -0.456 e. The highest BCUT2D eigenvalue weighted by molar-refractivity contribution is 7.25. The number of aromatic nitrogens is 1. The van der Waals surface area contributed by atoms with Crippen molar-refractivity contribution < 1.29 is 4.42 Å². The molecule has 0 amide bonds. The van der Waals surface area contributed by atoms with Crippen molar-refractivity contribution in [3.8, 4) is 27.9 Å². The summed E-state index contributed by atoms with van der Waals surface area (Å²) >= 11 is 1.85. The molecule has 0 atom stereocenters. The summed E-state index contributed by atoms with van der Waals surface area (Å²) < 4.78 is 11.3. The fraction of sp³-hybridized carbons (Fsp3) is 0. The van der Waals surface area contributed by atoms with Gasteiger partial charge in [0.25, 0.3) is 0 Å². The molecule has 0 saturated heterocycles. The third-order valence-corrected chi connectivity index (χ3v) is 12.8. The average Bonchev–Trinajstić information content (AvgIpc) is 3.96. The predicted molar refractivity (Wildman–Crippen MR) is 247 cm³/mol. The number of nitrogens with zero attached hydrogens (tertiary/aromatic N) is 2. The van der Waals surface area contributed by atoms with Crippen LogP contribution in [0.1, 0.15) is 0 Å². The largest absolute Gasteiger partial charge is 0.456 e. The smallest absolute Gasteiger partial charge is 0.135 e. The molecule has 0 aliphatic heterocycles. The van der Waals surface area contributed by atoms with Crippen molar-refractivity contribution in [1.29, 1.82) is 0 Å². The lowest BCUT2D eigenvalue weighted by atomic mass is 10.0. The van der Waals surface area contributed by atoms with Crippen LogP contribution < -0.4 is 4.90 Å². The van der Waals surface area contributed by atoms with Gasteiger partial charge in [-0.1, -0.05) is 115 Å². The quantitative estimate of drug-likeness (QED) is 0.168. The van der Waals surface area contributed by atoms with Crippen LogP contribution in [0.2, 0.25) is 0 Å². The first-order chi connectivity index (χ1) is 28.7. The Balaban J connectivity index is 0.961. The van der Waals surface area contributed by atoms with E-state index in [0.717, 1.165) is 44.7 Å². The van der Waals surface area contributed by atoms with Gasteiger partial charge in [0.05, 0.1) is 11.0 Å². The molecule has 58 heavy (non-hydrogen) atoms. The molecule has 3 aromatic heterocycles. The van der Waals surface area contributed by atoms with Gasteiger partial charge in [-0.3, -0.25) is 0 Å². The number of furan rings is 1. The second kappa shape index (κ2) is 13.1. The van der Waals surface area contributed by atoms with E-state index in [-0.39, 0.29) is 0 Å². The molecule has 3 nitrogen and oxygen atoms in total. The third kappa shape index (κ3) is 5.27. The maximum Gasteiger partial charge on any atom is 0.135 e. The molecule has 12 rings (SSSR count). The number of benzene rings is 9. The van der Waals surface area contributed by atoms with Crippen molar-refractivity contribution in [3.63, 3.8) is 0 Å². The van der Waals surface area contributed by atoms with Crippen molar-refractivity contribution in [2.75, 3.05) is 4.90 Å². The van der Waals surface area contributed by atoms with Crippen LogP contribution in [-0.2, 0) is 0 Å². The van der Waals surface area contributed by atoms with E-state index >= 15 is 0 Å². The highest BCUT2D eigenvalue weighted by Gasteiger charge is 2.18. The van der Waals surface area contributed by atoms with Crippen LogP contribution >= 0.6 is 11.3 Å². The Labute approximate surface area is 338 Å². The lowest BCUT2D eigenvalue weighted by Gasteiger charge is -2.26. The summed E-state index contributed by atoms with van der Waals surface area (Å²) in [7, 11) is 0. The number of rotatable bonds is 6. The van der Waals surface area contributed by atoms with Gasteiger partial charge < -0.3 is 13.9 Å². The van der Waals surface area contributed by atoms with Crippen LogP contribution in [-0.4, -0.2) is 4.57 Å². The van der Waals surface area contributed by atoms with Crippen LogP contribution in [0.25, 0.3) is 91.9 Å². The summed E-state index contributed by atoms with van der Waals surface area (Å²) in [6.45, 7) is 0. The molecular formula is C54H34N2OS. The zero-order valence-electron chi connectivity index (χ0n) is 31.3. The van der Waals surface area contributed by atoms with E-state index in [0.29, 0.717) is 0 Å². The first-order valence-corrected chi connectivity index (χ1v) is 20.5. The Hall–Kier alpha value is -7.40. The molecular weight excluding hydrogens is 725 g/mol. The van der Waals surface area contributed by atoms with E-state index < -0.39 is 0 Å². The fourth-order valence-corrected chi connectivity index (χ4v) is 9.90.